The molecule has 0 aliphatic rings. The maximum absolute atomic E-state index is 12.1. The van der Waals surface area contributed by atoms with Crippen LogP contribution in [0.5, 0.6) is 0 Å². The van der Waals surface area contributed by atoms with E-state index < -0.39 is 0 Å². The van der Waals surface area contributed by atoms with Crippen LogP contribution in [0, 0.1) is 0 Å². The molecule has 0 aliphatic heterocycles. The van der Waals surface area contributed by atoms with E-state index in [2.05, 4.69) is 16.3 Å². The van der Waals surface area contributed by atoms with Gasteiger partial charge in [-0.05, 0) is 37.4 Å². The van der Waals surface area contributed by atoms with Crippen LogP contribution in [0.1, 0.15) is 13.8 Å². The Labute approximate surface area is 133 Å². The van der Waals surface area contributed by atoms with Gasteiger partial charge in [-0.25, -0.2) is 0 Å². The minimum absolute atomic E-state index is 0.131. The van der Waals surface area contributed by atoms with Crippen LogP contribution in [0.3, 0.4) is 0 Å². The van der Waals surface area contributed by atoms with Gasteiger partial charge in [-0.1, -0.05) is 30.0 Å². The van der Waals surface area contributed by atoms with Crippen molar-refractivity contribution in [2.24, 2.45) is 0 Å². The Kier molecular flexibility index (Phi) is 4.29. The maximum atomic E-state index is 12.1. The first kappa shape index (κ1) is 14.8. The highest BCUT2D eigenvalue weighted by molar-refractivity contribution is 7.99. The van der Waals surface area contributed by atoms with Gasteiger partial charge in [-0.15, -0.1) is 10.2 Å². The zero-order valence-electron chi connectivity index (χ0n) is 12.7. The molecule has 2 aromatic heterocycles. The number of amides is 1. The minimum atomic E-state index is 0.131. The van der Waals surface area contributed by atoms with Gasteiger partial charge in [0.15, 0.2) is 10.8 Å². The van der Waals surface area contributed by atoms with E-state index in [1.54, 1.807) is 0 Å². The van der Waals surface area contributed by atoms with Crippen LogP contribution in [-0.2, 0) is 4.79 Å². The van der Waals surface area contributed by atoms with Crippen molar-refractivity contribution in [3.63, 3.8) is 0 Å². The number of benzene rings is 1. The summed E-state index contributed by atoms with van der Waals surface area (Å²) in [4.78, 5) is 14.0. The monoisotopic (exact) mass is 314 g/mol. The third-order valence-corrected chi connectivity index (χ3v) is 4.60. The lowest BCUT2D eigenvalue weighted by molar-refractivity contribution is -0.127. The summed E-state index contributed by atoms with van der Waals surface area (Å²) in [6.45, 7) is 5.46. The Morgan fingerprint density at radius 2 is 1.91 bits per heavy atom. The molecule has 2 heterocycles. The number of pyridine rings is 1. The molecule has 3 aromatic rings. The van der Waals surface area contributed by atoms with Crippen LogP contribution in [0.2, 0.25) is 0 Å². The lowest BCUT2D eigenvalue weighted by Crippen LogP contribution is -2.31. The first-order valence-corrected chi connectivity index (χ1v) is 8.36. The van der Waals surface area contributed by atoms with E-state index in [-0.39, 0.29) is 5.91 Å². The van der Waals surface area contributed by atoms with Crippen LogP contribution in [-0.4, -0.2) is 44.2 Å². The van der Waals surface area contributed by atoms with Gasteiger partial charge in [0.25, 0.3) is 0 Å². The van der Waals surface area contributed by atoms with E-state index in [1.807, 2.05) is 53.5 Å². The van der Waals surface area contributed by atoms with E-state index in [1.165, 1.54) is 11.8 Å². The standard InChI is InChI=1S/C16H18N4OS/c1-3-19(4-2)15(21)11-22-16-18-17-14-10-9-12-7-5-6-8-13(12)20(14)16/h5-10H,3-4,11H2,1-2H3. The second-order valence-corrected chi connectivity index (χ2v) is 5.87. The van der Waals surface area contributed by atoms with Gasteiger partial charge in [0.2, 0.25) is 5.91 Å². The fraction of sp³-hybridized carbons (Fsp3) is 0.312. The Bertz CT molecular complexity index is 810. The van der Waals surface area contributed by atoms with Crippen molar-refractivity contribution >= 4 is 34.2 Å². The number of para-hydroxylation sites is 1. The van der Waals surface area contributed by atoms with Crippen LogP contribution < -0.4 is 0 Å². The smallest absolute Gasteiger partial charge is 0.233 e. The molecule has 0 atom stereocenters. The topological polar surface area (TPSA) is 50.5 Å². The van der Waals surface area contributed by atoms with Crippen molar-refractivity contribution in [2.75, 3.05) is 18.8 Å². The number of thioether (sulfide) groups is 1. The number of aromatic nitrogens is 3. The summed E-state index contributed by atoms with van der Waals surface area (Å²) in [5, 5.41) is 10.3. The average molecular weight is 314 g/mol. The molecule has 0 radical (unpaired) electrons. The normalized spacial score (nSPS) is 11.2. The summed E-state index contributed by atoms with van der Waals surface area (Å²) in [6.07, 6.45) is 0. The van der Waals surface area contributed by atoms with E-state index in [0.29, 0.717) is 5.75 Å². The zero-order valence-corrected chi connectivity index (χ0v) is 13.5. The van der Waals surface area contributed by atoms with Gasteiger partial charge >= 0.3 is 0 Å². The lowest BCUT2D eigenvalue weighted by Gasteiger charge is -2.17. The first-order valence-electron chi connectivity index (χ1n) is 7.38. The fourth-order valence-corrected chi connectivity index (χ4v) is 3.35. The van der Waals surface area contributed by atoms with E-state index >= 15 is 0 Å². The number of hydrogen-bond acceptors (Lipinski definition) is 4. The Morgan fingerprint density at radius 3 is 2.68 bits per heavy atom. The summed E-state index contributed by atoms with van der Waals surface area (Å²) in [5.74, 6) is 0.512. The molecule has 0 aliphatic carbocycles. The summed E-state index contributed by atoms with van der Waals surface area (Å²) < 4.78 is 2.01. The summed E-state index contributed by atoms with van der Waals surface area (Å²) >= 11 is 1.44. The van der Waals surface area contributed by atoms with Crippen molar-refractivity contribution in [1.82, 2.24) is 19.5 Å². The highest BCUT2D eigenvalue weighted by Crippen LogP contribution is 2.23. The highest BCUT2D eigenvalue weighted by Gasteiger charge is 2.14. The lowest BCUT2D eigenvalue weighted by atomic mass is 10.2. The third kappa shape index (κ3) is 2.66. The van der Waals surface area contributed by atoms with Gasteiger partial charge in [0, 0.05) is 13.1 Å². The van der Waals surface area contributed by atoms with Crippen molar-refractivity contribution in [1.29, 1.82) is 0 Å². The van der Waals surface area contributed by atoms with Crippen LogP contribution >= 0.6 is 11.8 Å². The number of hydrogen-bond donors (Lipinski definition) is 0. The second-order valence-electron chi connectivity index (χ2n) is 4.92. The third-order valence-electron chi connectivity index (χ3n) is 3.69. The molecule has 1 amide bonds. The predicted molar refractivity (Wildman–Crippen MR) is 89.1 cm³/mol. The van der Waals surface area contributed by atoms with E-state index in [9.17, 15) is 4.79 Å². The fourth-order valence-electron chi connectivity index (χ4n) is 2.50. The van der Waals surface area contributed by atoms with Gasteiger partial charge in [-0.2, -0.15) is 0 Å². The van der Waals surface area contributed by atoms with E-state index in [0.717, 1.165) is 34.8 Å². The predicted octanol–water partition coefficient (Wildman–Crippen LogP) is 2.84. The van der Waals surface area contributed by atoms with Crippen LogP contribution in [0.4, 0.5) is 0 Å². The molecule has 6 heteroatoms. The van der Waals surface area contributed by atoms with Crippen molar-refractivity contribution < 1.29 is 4.79 Å². The summed E-state index contributed by atoms with van der Waals surface area (Å²) in [5.41, 5.74) is 1.86. The molecule has 1 aromatic carbocycles. The van der Waals surface area contributed by atoms with Gasteiger partial charge < -0.3 is 4.90 Å². The quantitative estimate of drug-likeness (QED) is 0.680. The molecular formula is C16H18N4OS. The molecule has 3 rings (SSSR count). The van der Waals surface area contributed by atoms with Gasteiger partial charge in [-0.3, -0.25) is 9.20 Å². The molecule has 0 N–H and O–H groups in total. The SMILES string of the molecule is CCN(CC)C(=O)CSc1nnc2ccc3ccccc3n12. The number of nitrogens with zero attached hydrogens (tertiary/aromatic N) is 4. The number of carbonyl (C=O) groups is 1. The highest BCUT2D eigenvalue weighted by atomic mass is 32.2. The van der Waals surface area contributed by atoms with Crippen molar-refractivity contribution in [3.8, 4) is 0 Å². The van der Waals surface area contributed by atoms with Gasteiger partial charge in [0.05, 0.1) is 11.3 Å². The Balaban J connectivity index is 1.91. The molecule has 0 saturated carbocycles. The van der Waals surface area contributed by atoms with Crippen molar-refractivity contribution in [3.05, 3.63) is 36.4 Å². The second kappa shape index (κ2) is 6.36. The van der Waals surface area contributed by atoms with Crippen LogP contribution in [0.25, 0.3) is 16.6 Å². The molecular weight excluding hydrogens is 296 g/mol. The molecule has 0 unspecified atom stereocenters. The molecule has 22 heavy (non-hydrogen) atoms. The zero-order chi connectivity index (χ0) is 15.5. The molecule has 0 bridgehead atoms. The number of rotatable bonds is 5. The summed E-state index contributed by atoms with van der Waals surface area (Å²) in [6, 6.07) is 12.1. The average Bonchev–Trinajstić information content (AvgIpc) is 2.97. The number of fused-ring (bicyclic) bond motifs is 3. The molecule has 0 fully saturated rings. The largest absolute Gasteiger partial charge is 0.343 e. The molecule has 5 nitrogen and oxygen atoms in total. The van der Waals surface area contributed by atoms with Crippen molar-refractivity contribution in [2.45, 2.75) is 19.0 Å². The van der Waals surface area contributed by atoms with E-state index in [4.69, 9.17) is 0 Å². The van der Waals surface area contributed by atoms with Gasteiger partial charge in [0.1, 0.15) is 0 Å². The first-order chi connectivity index (χ1) is 10.7. The maximum Gasteiger partial charge on any atom is 0.233 e. The Hall–Kier alpha value is -2.08. The number of carbonyl (C=O) groups excluding carboxylic acids is 1. The molecule has 0 saturated heterocycles. The minimum Gasteiger partial charge on any atom is -0.343 e. The molecule has 0 spiro atoms. The Morgan fingerprint density at radius 1 is 1.14 bits per heavy atom. The molecule has 114 valence electrons. The van der Waals surface area contributed by atoms with Crippen LogP contribution in [0.15, 0.2) is 41.6 Å². The summed E-state index contributed by atoms with van der Waals surface area (Å²) in [7, 11) is 0.